The molecule has 1 aromatic carbocycles. The highest BCUT2D eigenvalue weighted by Crippen LogP contribution is 2.06. The summed E-state index contributed by atoms with van der Waals surface area (Å²) in [6, 6.07) is 8.45. The number of nitro groups is 1. The Hall–Kier alpha value is -1.50. The van der Waals surface area contributed by atoms with Crippen LogP contribution in [0.1, 0.15) is 5.56 Å². The first-order valence-corrected chi connectivity index (χ1v) is 4.89. The van der Waals surface area contributed by atoms with Crippen molar-refractivity contribution < 1.29 is 10.0 Å². The van der Waals surface area contributed by atoms with Gasteiger partial charge in [0, 0.05) is 11.0 Å². The van der Waals surface area contributed by atoms with Gasteiger partial charge in [-0.15, -0.1) is 0 Å². The third-order valence-corrected chi connectivity index (χ3v) is 2.35. The van der Waals surface area contributed by atoms with Crippen molar-refractivity contribution in [2.75, 3.05) is 0 Å². The summed E-state index contributed by atoms with van der Waals surface area (Å²) < 4.78 is 0. The van der Waals surface area contributed by atoms with Gasteiger partial charge >= 0.3 is 0 Å². The molecule has 0 aliphatic carbocycles. The van der Waals surface area contributed by atoms with E-state index in [1.54, 1.807) is 0 Å². The lowest BCUT2D eigenvalue weighted by Crippen LogP contribution is -2.52. The fourth-order valence-electron chi connectivity index (χ4n) is 1.38. The van der Waals surface area contributed by atoms with E-state index in [0.717, 1.165) is 5.56 Å². The molecule has 16 heavy (non-hydrogen) atoms. The fourth-order valence-corrected chi connectivity index (χ4v) is 1.38. The van der Waals surface area contributed by atoms with Crippen LogP contribution in [0, 0.1) is 10.1 Å². The molecule has 0 radical (unpaired) electrons. The maximum atomic E-state index is 10.4. The molecule has 1 rings (SSSR count). The Labute approximate surface area is 93.0 Å². The van der Waals surface area contributed by atoms with E-state index in [9.17, 15) is 15.2 Å². The average molecular weight is 225 g/mol. The maximum absolute atomic E-state index is 10.4. The standard InChI is InChI=1S/C10H15N3O3/c11-8(9(14)10(12)13(15)16)6-7-4-2-1-3-5-7/h1-5,8-10,14H,6,11-12H2/t8-,9-,10?/m0/s1. The number of benzene rings is 1. The molecule has 6 nitrogen and oxygen atoms in total. The molecule has 0 bridgehead atoms. The van der Waals surface area contributed by atoms with Crippen LogP contribution in [0.25, 0.3) is 0 Å². The van der Waals surface area contributed by atoms with Gasteiger partial charge in [0.1, 0.15) is 0 Å². The number of nitrogens with zero attached hydrogens (tertiary/aromatic N) is 1. The molecule has 1 aromatic rings. The molecule has 0 amide bonds. The zero-order valence-corrected chi connectivity index (χ0v) is 8.69. The third kappa shape index (κ3) is 3.27. The first-order chi connectivity index (χ1) is 7.52. The van der Waals surface area contributed by atoms with Crippen LogP contribution in [-0.2, 0) is 6.42 Å². The normalized spacial score (nSPS) is 16.4. The molecule has 0 aromatic heterocycles. The molecule has 0 heterocycles. The highest BCUT2D eigenvalue weighted by Gasteiger charge is 2.30. The molecule has 0 aliphatic heterocycles. The Morgan fingerprint density at radius 1 is 1.31 bits per heavy atom. The van der Waals surface area contributed by atoms with Gasteiger partial charge in [0.05, 0.1) is 0 Å². The van der Waals surface area contributed by atoms with E-state index in [0.29, 0.717) is 6.42 Å². The summed E-state index contributed by atoms with van der Waals surface area (Å²) >= 11 is 0. The number of hydrogen-bond donors (Lipinski definition) is 3. The van der Waals surface area contributed by atoms with Crippen molar-refractivity contribution in [3.8, 4) is 0 Å². The molecule has 6 heteroatoms. The maximum Gasteiger partial charge on any atom is 0.290 e. The summed E-state index contributed by atoms with van der Waals surface area (Å²) in [5.41, 5.74) is 11.7. The van der Waals surface area contributed by atoms with Crippen LogP contribution in [-0.4, -0.2) is 28.3 Å². The molecule has 0 saturated carbocycles. The number of rotatable bonds is 5. The molecule has 3 atom stereocenters. The lowest BCUT2D eigenvalue weighted by Gasteiger charge is -2.19. The zero-order chi connectivity index (χ0) is 12.1. The van der Waals surface area contributed by atoms with E-state index in [-0.39, 0.29) is 0 Å². The Bertz CT molecular complexity index is 344. The molecule has 1 unspecified atom stereocenters. The van der Waals surface area contributed by atoms with Crippen LogP contribution in [0.5, 0.6) is 0 Å². The second kappa shape index (κ2) is 5.55. The van der Waals surface area contributed by atoms with E-state index < -0.39 is 23.2 Å². The van der Waals surface area contributed by atoms with Crippen molar-refractivity contribution in [3.63, 3.8) is 0 Å². The van der Waals surface area contributed by atoms with E-state index in [4.69, 9.17) is 11.5 Å². The van der Waals surface area contributed by atoms with Crippen LogP contribution < -0.4 is 11.5 Å². The monoisotopic (exact) mass is 225 g/mol. The Morgan fingerprint density at radius 2 is 1.88 bits per heavy atom. The lowest BCUT2D eigenvalue weighted by atomic mass is 10.0. The molecule has 0 saturated heterocycles. The Balaban J connectivity index is 2.58. The highest BCUT2D eigenvalue weighted by molar-refractivity contribution is 5.16. The molecule has 88 valence electrons. The molecule has 0 spiro atoms. The van der Waals surface area contributed by atoms with Crippen LogP contribution >= 0.6 is 0 Å². The largest absolute Gasteiger partial charge is 0.383 e. The quantitative estimate of drug-likeness (QED) is 0.354. The molecule has 5 N–H and O–H groups in total. The number of aliphatic hydroxyl groups is 1. The van der Waals surface area contributed by atoms with Crippen molar-refractivity contribution in [2.45, 2.75) is 24.7 Å². The SMILES string of the molecule is NC([C@@H](O)[C@@H](N)Cc1ccccc1)[N+](=O)[O-]. The van der Waals surface area contributed by atoms with Gasteiger partial charge in [0.15, 0.2) is 6.10 Å². The van der Waals surface area contributed by atoms with Gasteiger partial charge in [-0.3, -0.25) is 15.8 Å². The van der Waals surface area contributed by atoms with Crippen molar-refractivity contribution in [1.82, 2.24) is 0 Å². The van der Waals surface area contributed by atoms with E-state index in [1.807, 2.05) is 30.3 Å². The van der Waals surface area contributed by atoms with E-state index >= 15 is 0 Å². The van der Waals surface area contributed by atoms with Gasteiger partial charge in [-0.05, 0) is 12.0 Å². The minimum Gasteiger partial charge on any atom is -0.383 e. The van der Waals surface area contributed by atoms with Crippen molar-refractivity contribution in [2.24, 2.45) is 11.5 Å². The van der Waals surface area contributed by atoms with Gasteiger partial charge in [-0.1, -0.05) is 30.3 Å². The predicted molar refractivity (Wildman–Crippen MR) is 59.1 cm³/mol. The highest BCUT2D eigenvalue weighted by atomic mass is 16.6. The van der Waals surface area contributed by atoms with Crippen LogP contribution in [0.15, 0.2) is 30.3 Å². The first kappa shape index (κ1) is 12.6. The van der Waals surface area contributed by atoms with Gasteiger partial charge in [-0.2, -0.15) is 0 Å². The summed E-state index contributed by atoms with van der Waals surface area (Å²) in [5.74, 6) is 0. The fraction of sp³-hybridized carbons (Fsp3) is 0.400. The van der Waals surface area contributed by atoms with Gasteiger partial charge in [0.25, 0.3) is 6.17 Å². The second-order valence-electron chi connectivity index (χ2n) is 3.62. The molecule has 0 aliphatic rings. The average Bonchev–Trinajstić information content (AvgIpc) is 2.28. The summed E-state index contributed by atoms with van der Waals surface area (Å²) in [7, 11) is 0. The summed E-state index contributed by atoms with van der Waals surface area (Å²) in [5, 5.41) is 19.9. The topological polar surface area (TPSA) is 115 Å². The van der Waals surface area contributed by atoms with Crippen LogP contribution in [0.4, 0.5) is 0 Å². The summed E-state index contributed by atoms with van der Waals surface area (Å²) in [4.78, 5) is 9.62. The Kier molecular flexibility index (Phi) is 4.36. The van der Waals surface area contributed by atoms with E-state index in [1.165, 1.54) is 0 Å². The van der Waals surface area contributed by atoms with E-state index in [2.05, 4.69) is 0 Å². The minimum atomic E-state index is -1.54. The third-order valence-electron chi connectivity index (χ3n) is 2.35. The Morgan fingerprint density at radius 3 is 2.38 bits per heavy atom. The number of aliphatic hydroxyl groups excluding tert-OH is 1. The van der Waals surface area contributed by atoms with Gasteiger partial charge < -0.3 is 10.8 Å². The van der Waals surface area contributed by atoms with Crippen molar-refractivity contribution >= 4 is 0 Å². The van der Waals surface area contributed by atoms with Crippen molar-refractivity contribution in [1.29, 1.82) is 0 Å². The lowest BCUT2D eigenvalue weighted by molar-refractivity contribution is -0.533. The summed E-state index contributed by atoms with van der Waals surface area (Å²) in [6.45, 7) is 0. The number of hydrogen-bond acceptors (Lipinski definition) is 5. The van der Waals surface area contributed by atoms with Gasteiger partial charge in [-0.25, -0.2) is 0 Å². The second-order valence-corrected chi connectivity index (χ2v) is 3.62. The summed E-state index contributed by atoms with van der Waals surface area (Å²) in [6.07, 6.45) is -2.54. The predicted octanol–water partition coefficient (Wildman–Crippen LogP) is -0.521. The molecular weight excluding hydrogens is 210 g/mol. The molecule has 0 fully saturated rings. The minimum absolute atomic E-state index is 0.351. The first-order valence-electron chi connectivity index (χ1n) is 4.89. The smallest absolute Gasteiger partial charge is 0.290 e. The van der Waals surface area contributed by atoms with Crippen molar-refractivity contribution in [3.05, 3.63) is 46.0 Å². The van der Waals surface area contributed by atoms with Crippen LogP contribution in [0.2, 0.25) is 0 Å². The van der Waals surface area contributed by atoms with Gasteiger partial charge in [0.2, 0.25) is 0 Å². The molecular formula is C10H15N3O3. The van der Waals surface area contributed by atoms with Crippen LogP contribution in [0.3, 0.4) is 0 Å². The zero-order valence-electron chi connectivity index (χ0n) is 8.69. The number of nitrogens with two attached hydrogens (primary N) is 2.